The van der Waals surface area contributed by atoms with Crippen LogP contribution in [0, 0.1) is 12.8 Å². The van der Waals surface area contributed by atoms with Gasteiger partial charge in [-0.2, -0.15) is 0 Å². The number of carbonyl (C=O) groups is 1. The summed E-state index contributed by atoms with van der Waals surface area (Å²) in [5, 5.41) is 0.657. The van der Waals surface area contributed by atoms with Gasteiger partial charge in [0.2, 0.25) is 0 Å². The van der Waals surface area contributed by atoms with Crippen LogP contribution in [0.3, 0.4) is 0 Å². The fraction of sp³-hybridized carbons (Fsp3) is 0.650. The number of aromatic nitrogens is 2. The lowest BCUT2D eigenvalue weighted by Gasteiger charge is -2.27. The molecule has 2 aromatic heterocycles. The SMILES string of the molecule is Cc1c(C(=O)N2CCCC2C(C)C)sc2nc3n(c(=O)c12)CCCCC3. The lowest BCUT2D eigenvalue weighted by Crippen LogP contribution is -2.38. The van der Waals surface area contributed by atoms with E-state index in [4.69, 9.17) is 4.98 Å². The number of fused-ring (bicyclic) bond motifs is 2. The van der Waals surface area contributed by atoms with Crippen molar-refractivity contribution in [2.24, 2.45) is 5.92 Å². The highest BCUT2D eigenvalue weighted by Gasteiger charge is 2.33. The van der Waals surface area contributed by atoms with E-state index in [-0.39, 0.29) is 11.5 Å². The van der Waals surface area contributed by atoms with Crippen molar-refractivity contribution >= 4 is 27.5 Å². The summed E-state index contributed by atoms with van der Waals surface area (Å²) in [6.45, 7) is 7.84. The lowest BCUT2D eigenvalue weighted by atomic mass is 10.0. The van der Waals surface area contributed by atoms with Crippen LogP contribution < -0.4 is 5.56 Å². The third kappa shape index (κ3) is 2.79. The Morgan fingerprint density at radius 2 is 2.00 bits per heavy atom. The van der Waals surface area contributed by atoms with Crippen LogP contribution in [0.25, 0.3) is 10.2 Å². The van der Waals surface area contributed by atoms with Gasteiger partial charge in [0.1, 0.15) is 10.7 Å². The Morgan fingerprint density at radius 3 is 2.77 bits per heavy atom. The average molecular weight is 374 g/mol. The Bertz CT molecular complexity index is 912. The highest BCUT2D eigenvalue weighted by Crippen LogP contribution is 2.32. The van der Waals surface area contributed by atoms with E-state index in [1.54, 1.807) is 0 Å². The predicted octanol–water partition coefficient (Wildman–Crippen LogP) is 3.75. The lowest BCUT2D eigenvalue weighted by molar-refractivity contribution is 0.0706. The normalized spacial score (nSPS) is 20.6. The van der Waals surface area contributed by atoms with Crippen LogP contribution in [0.5, 0.6) is 0 Å². The van der Waals surface area contributed by atoms with Gasteiger partial charge in [0.05, 0.1) is 10.3 Å². The van der Waals surface area contributed by atoms with E-state index in [9.17, 15) is 9.59 Å². The zero-order valence-corrected chi connectivity index (χ0v) is 16.7. The number of hydrogen-bond donors (Lipinski definition) is 0. The minimum Gasteiger partial charge on any atom is -0.335 e. The van der Waals surface area contributed by atoms with Gasteiger partial charge in [-0.25, -0.2) is 4.98 Å². The standard InChI is InChI=1S/C20H27N3O2S/c1-12(2)14-8-7-11-22(14)20(25)17-13(3)16-18(26-17)21-15-9-5-4-6-10-23(15)19(16)24/h12,14H,4-11H2,1-3H3. The van der Waals surface area contributed by atoms with Gasteiger partial charge in [-0.3, -0.25) is 14.2 Å². The molecule has 1 saturated heterocycles. The number of carbonyl (C=O) groups excluding carboxylic acids is 1. The summed E-state index contributed by atoms with van der Waals surface area (Å²) < 4.78 is 1.84. The van der Waals surface area contributed by atoms with E-state index in [2.05, 4.69) is 13.8 Å². The summed E-state index contributed by atoms with van der Waals surface area (Å²) in [7, 11) is 0. The maximum Gasteiger partial charge on any atom is 0.264 e. The molecule has 1 amide bonds. The Labute approximate surface area is 158 Å². The molecule has 1 atom stereocenters. The van der Waals surface area contributed by atoms with Gasteiger partial charge in [-0.1, -0.05) is 20.3 Å². The van der Waals surface area contributed by atoms with Crippen LogP contribution in [-0.2, 0) is 13.0 Å². The quantitative estimate of drug-likeness (QED) is 0.805. The van der Waals surface area contributed by atoms with Crippen molar-refractivity contribution in [3.63, 3.8) is 0 Å². The van der Waals surface area contributed by atoms with Crippen molar-refractivity contribution in [3.8, 4) is 0 Å². The number of nitrogens with zero attached hydrogens (tertiary/aromatic N) is 3. The van der Waals surface area contributed by atoms with Crippen LogP contribution >= 0.6 is 11.3 Å². The molecule has 0 radical (unpaired) electrons. The highest BCUT2D eigenvalue weighted by atomic mass is 32.1. The van der Waals surface area contributed by atoms with E-state index >= 15 is 0 Å². The first-order valence-electron chi connectivity index (χ1n) is 9.83. The average Bonchev–Trinajstić information content (AvgIpc) is 3.14. The molecule has 6 heteroatoms. The van der Waals surface area contributed by atoms with Crippen molar-refractivity contribution in [1.82, 2.24) is 14.5 Å². The van der Waals surface area contributed by atoms with Gasteiger partial charge in [-0.05, 0) is 44.1 Å². The van der Waals surface area contributed by atoms with E-state index in [0.29, 0.717) is 22.2 Å². The number of rotatable bonds is 2. The fourth-order valence-corrected chi connectivity index (χ4v) is 5.63. The van der Waals surface area contributed by atoms with Crippen LogP contribution in [-0.4, -0.2) is 32.9 Å². The molecule has 0 aliphatic carbocycles. The Morgan fingerprint density at radius 1 is 1.19 bits per heavy atom. The third-order valence-corrected chi connectivity index (χ3v) is 7.11. The van der Waals surface area contributed by atoms with Crippen molar-refractivity contribution < 1.29 is 4.79 Å². The number of likely N-dealkylation sites (tertiary alicyclic amines) is 1. The van der Waals surface area contributed by atoms with Crippen molar-refractivity contribution in [3.05, 3.63) is 26.6 Å². The highest BCUT2D eigenvalue weighted by molar-refractivity contribution is 7.20. The zero-order valence-electron chi connectivity index (χ0n) is 15.9. The van der Waals surface area contributed by atoms with Crippen molar-refractivity contribution in [1.29, 1.82) is 0 Å². The third-order valence-electron chi connectivity index (χ3n) is 5.94. The van der Waals surface area contributed by atoms with Crippen molar-refractivity contribution in [2.45, 2.75) is 71.9 Å². The van der Waals surface area contributed by atoms with Gasteiger partial charge >= 0.3 is 0 Å². The van der Waals surface area contributed by atoms with Gasteiger partial charge in [-0.15, -0.1) is 11.3 Å². The van der Waals surface area contributed by atoms with Gasteiger partial charge in [0, 0.05) is 25.6 Å². The molecule has 1 fully saturated rings. The second-order valence-electron chi connectivity index (χ2n) is 7.98. The minimum absolute atomic E-state index is 0.0431. The largest absolute Gasteiger partial charge is 0.335 e. The van der Waals surface area contributed by atoms with E-state index in [1.165, 1.54) is 11.3 Å². The minimum atomic E-state index is 0.0431. The molecule has 0 bridgehead atoms. The van der Waals surface area contributed by atoms with Gasteiger partial charge in [0.15, 0.2) is 0 Å². The molecule has 5 nitrogen and oxygen atoms in total. The van der Waals surface area contributed by atoms with Gasteiger partial charge in [0.25, 0.3) is 11.5 Å². The van der Waals surface area contributed by atoms with Gasteiger partial charge < -0.3 is 4.90 Å². The topological polar surface area (TPSA) is 55.2 Å². The monoisotopic (exact) mass is 373 g/mol. The second-order valence-corrected chi connectivity index (χ2v) is 8.98. The molecular formula is C20H27N3O2S. The number of aryl methyl sites for hydroxylation is 2. The number of amides is 1. The molecule has 2 aliphatic rings. The fourth-order valence-electron chi connectivity index (χ4n) is 4.48. The van der Waals surface area contributed by atoms with Crippen LogP contribution in [0.1, 0.15) is 67.0 Å². The first-order valence-corrected chi connectivity index (χ1v) is 10.6. The van der Waals surface area contributed by atoms with Crippen LogP contribution in [0.15, 0.2) is 4.79 Å². The molecule has 0 aromatic carbocycles. The molecule has 1 unspecified atom stereocenters. The molecule has 4 rings (SSSR count). The number of hydrogen-bond acceptors (Lipinski definition) is 4. The Kier molecular flexibility index (Phi) is 4.63. The summed E-state index contributed by atoms with van der Waals surface area (Å²) in [6.07, 6.45) is 6.24. The number of thiophene rings is 1. The summed E-state index contributed by atoms with van der Waals surface area (Å²) >= 11 is 1.41. The Balaban J connectivity index is 1.80. The second kappa shape index (κ2) is 6.80. The Hall–Kier alpha value is -1.69. The first-order chi connectivity index (χ1) is 12.5. The van der Waals surface area contributed by atoms with E-state index in [1.807, 2.05) is 16.4 Å². The summed E-state index contributed by atoms with van der Waals surface area (Å²) in [5.74, 6) is 1.43. The molecule has 26 heavy (non-hydrogen) atoms. The molecule has 4 heterocycles. The molecule has 0 N–H and O–H groups in total. The van der Waals surface area contributed by atoms with E-state index in [0.717, 1.165) is 67.8 Å². The molecule has 140 valence electrons. The maximum absolute atomic E-state index is 13.2. The molecule has 2 aliphatic heterocycles. The van der Waals surface area contributed by atoms with Crippen LogP contribution in [0.2, 0.25) is 0 Å². The molecule has 0 saturated carbocycles. The van der Waals surface area contributed by atoms with E-state index < -0.39 is 0 Å². The zero-order chi connectivity index (χ0) is 18.4. The molecular weight excluding hydrogens is 346 g/mol. The smallest absolute Gasteiger partial charge is 0.264 e. The summed E-state index contributed by atoms with van der Waals surface area (Å²) in [5.41, 5.74) is 0.864. The summed E-state index contributed by atoms with van der Waals surface area (Å²) in [4.78, 5) is 34.6. The molecule has 2 aromatic rings. The first kappa shape index (κ1) is 17.7. The summed E-state index contributed by atoms with van der Waals surface area (Å²) in [6, 6.07) is 0.304. The van der Waals surface area contributed by atoms with Crippen molar-refractivity contribution in [2.75, 3.05) is 6.54 Å². The van der Waals surface area contributed by atoms with Crippen LogP contribution in [0.4, 0.5) is 0 Å². The molecule has 0 spiro atoms. The predicted molar refractivity (Wildman–Crippen MR) is 105 cm³/mol. The maximum atomic E-state index is 13.2.